The van der Waals surface area contributed by atoms with Crippen LogP contribution in [0.4, 0.5) is 5.13 Å². The monoisotopic (exact) mass is 201 g/mol. The highest BCUT2D eigenvalue weighted by Crippen LogP contribution is 2.26. The minimum Gasteiger partial charge on any atom is -0.393 e. The van der Waals surface area contributed by atoms with Gasteiger partial charge >= 0.3 is 0 Å². The maximum atomic E-state index is 9.73. The van der Waals surface area contributed by atoms with Gasteiger partial charge in [-0.25, -0.2) is 0 Å². The van der Waals surface area contributed by atoms with Crippen molar-refractivity contribution in [1.82, 2.24) is 10.2 Å². The maximum absolute atomic E-state index is 9.73. The highest BCUT2D eigenvalue weighted by molar-refractivity contribution is 7.13. The predicted molar refractivity (Wildman–Crippen MR) is 48.8 cm³/mol. The van der Waals surface area contributed by atoms with E-state index in [0.717, 1.165) is 11.7 Å². The summed E-state index contributed by atoms with van der Waals surface area (Å²) in [5, 5.41) is 27.1. The normalized spacial score (nSPS) is 28.3. The lowest BCUT2D eigenvalue weighted by molar-refractivity contribution is 0.00476. The fourth-order valence-corrected chi connectivity index (χ4v) is 2.04. The zero-order chi connectivity index (χ0) is 9.31. The summed E-state index contributed by atoms with van der Waals surface area (Å²) in [6, 6.07) is 0. The van der Waals surface area contributed by atoms with E-state index in [4.69, 9.17) is 5.11 Å². The van der Waals surface area contributed by atoms with Gasteiger partial charge in [0.25, 0.3) is 0 Å². The molecule has 1 aromatic rings. The molecule has 1 saturated heterocycles. The van der Waals surface area contributed by atoms with Gasteiger partial charge in [-0.2, -0.15) is 0 Å². The second-order valence-corrected chi connectivity index (χ2v) is 4.09. The average molecular weight is 201 g/mol. The summed E-state index contributed by atoms with van der Waals surface area (Å²) in [7, 11) is 0. The number of nitrogens with zero attached hydrogens (tertiary/aromatic N) is 3. The Morgan fingerprint density at radius 1 is 1.69 bits per heavy atom. The molecule has 0 aromatic carbocycles. The third-order valence-corrected chi connectivity index (χ3v) is 3.00. The molecular formula is C7H11N3O2S. The van der Waals surface area contributed by atoms with Crippen LogP contribution in [-0.2, 0) is 0 Å². The second-order valence-electron chi connectivity index (χ2n) is 3.28. The molecule has 1 atom stereocenters. The van der Waals surface area contributed by atoms with E-state index in [9.17, 15) is 5.11 Å². The van der Waals surface area contributed by atoms with Crippen LogP contribution in [0.1, 0.15) is 6.42 Å². The van der Waals surface area contributed by atoms with Gasteiger partial charge in [0.15, 0.2) is 0 Å². The van der Waals surface area contributed by atoms with Gasteiger partial charge in [-0.05, 0) is 6.42 Å². The van der Waals surface area contributed by atoms with E-state index in [1.165, 1.54) is 11.3 Å². The third-order valence-electron chi connectivity index (χ3n) is 2.25. The van der Waals surface area contributed by atoms with E-state index < -0.39 is 5.60 Å². The number of hydrogen-bond acceptors (Lipinski definition) is 6. The van der Waals surface area contributed by atoms with Gasteiger partial charge in [0.05, 0.1) is 13.2 Å². The lowest BCUT2D eigenvalue weighted by Gasteiger charge is -2.19. The molecule has 1 fully saturated rings. The molecular weight excluding hydrogens is 190 g/mol. The van der Waals surface area contributed by atoms with Crippen molar-refractivity contribution in [3.63, 3.8) is 0 Å². The Balaban J connectivity index is 2.07. The molecule has 2 heterocycles. The molecule has 1 aromatic heterocycles. The highest BCUT2D eigenvalue weighted by Gasteiger charge is 2.36. The van der Waals surface area contributed by atoms with E-state index >= 15 is 0 Å². The molecule has 72 valence electrons. The molecule has 1 aliphatic heterocycles. The third kappa shape index (κ3) is 1.65. The Morgan fingerprint density at radius 3 is 3.08 bits per heavy atom. The van der Waals surface area contributed by atoms with Crippen molar-refractivity contribution in [2.24, 2.45) is 0 Å². The summed E-state index contributed by atoms with van der Waals surface area (Å²) >= 11 is 1.44. The number of hydrogen-bond donors (Lipinski definition) is 2. The lowest BCUT2D eigenvalue weighted by atomic mass is 10.1. The SMILES string of the molecule is OCC1(O)CCN(c2nncs2)C1. The van der Waals surface area contributed by atoms with E-state index in [-0.39, 0.29) is 6.61 Å². The minimum absolute atomic E-state index is 0.192. The van der Waals surface area contributed by atoms with Gasteiger partial charge in [-0.1, -0.05) is 11.3 Å². The van der Waals surface area contributed by atoms with Crippen LogP contribution in [-0.4, -0.2) is 45.7 Å². The van der Waals surface area contributed by atoms with Gasteiger partial charge in [0.1, 0.15) is 11.1 Å². The fraction of sp³-hybridized carbons (Fsp3) is 0.714. The molecule has 2 rings (SSSR count). The number of β-amino-alcohol motifs (C(OH)–C–C–N with tert-alkyl or cyclic N) is 1. The van der Waals surface area contributed by atoms with E-state index in [1.54, 1.807) is 5.51 Å². The summed E-state index contributed by atoms with van der Waals surface area (Å²) < 4.78 is 0. The summed E-state index contributed by atoms with van der Waals surface area (Å²) in [4.78, 5) is 1.94. The number of aromatic nitrogens is 2. The molecule has 13 heavy (non-hydrogen) atoms. The molecule has 6 heteroatoms. The summed E-state index contributed by atoms with van der Waals surface area (Å²) in [6.45, 7) is 0.979. The van der Waals surface area contributed by atoms with Crippen LogP contribution in [0.25, 0.3) is 0 Å². The van der Waals surface area contributed by atoms with E-state index in [0.29, 0.717) is 13.0 Å². The molecule has 0 aliphatic carbocycles. The first-order valence-corrected chi connectivity index (χ1v) is 4.96. The smallest absolute Gasteiger partial charge is 0.208 e. The van der Waals surface area contributed by atoms with Gasteiger partial charge in [-0.15, -0.1) is 10.2 Å². The summed E-state index contributed by atoms with van der Waals surface area (Å²) in [5.41, 5.74) is 0.706. The molecule has 0 bridgehead atoms. The number of anilines is 1. The van der Waals surface area contributed by atoms with Crippen molar-refractivity contribution in [2.45, 2.75) is 12.0 Å². The maximum Gasteiger partial charge on any atom is 0.208 e. The zero-order valence-corrected chi connectivity index (χ0v) is 7.87. The number of rotatable bonds is 2. The van der Waals surface area contributed by atoms with E-state index in [1.807, 2.05) is 4.90 Å². The quantitative estimate of drug-likeness (QED) is 0.673. The first-order valence-electron chi connectivity index (χ1n) is 4.08. The van der Waals surface area contributed by atoms with Crippen molar-refractivity contribution in [1.29, 1.82) is 0 Å². The van der Waals surface area contributed by atoms with Crippen LogP contribution in [0.3, 0.4) is 0 Å². The van der Waals surface area contributed by atoms with Crippen molar-refractivity contribution >= 4 is 16.5 Å². The van der Waals surface area contributed by atoms with Gasteiger partial charge in [0, 0.05) is 6.54 Å². The minimum atomic E-state index is -0.953. The van der Waals surface area contributed by atoms with Crippen molar-refractivity contribution in [3.8, 4) is 0 Å². The average Bonchev–Trinajstić information content (AvgIpc) is 2.73. The van der Waals surface area contributed by atoms with Crippen LogP contribution < -0.4 is 4.90 Å². The lowest BCUT2D eigenvalue weighted by Crippen LogP contribution is -2.36. The highest BCUT2D eigenvalue weighted by atomic mass is 32.1. The molecule has 5 nitrogen and oxygen atoms in total. The largest absolute Gasteiger partial charge is 0.393 e. The topological polar surface area (TPSA) is 69.5 Å². The first-order chi connectivity index (χ1) is 6.23. The zero-order valence-electron chi connectivity index (χ0n) is 7.05. The Labute approximate surface area is 79.6 Å². The number of aliphatic hydroxyl groups excluding tert-OH is 1. The van der Waals surface area contributed by atoms with Gasteiger partial charge in [0.2, 0.25) is 5.13 Å². The van der Waals surface area contributed by atoms with Gasteiger partial charge in [-0.3, -0.25) is 0 Å². The molecule has 0 radical (unpaired) electrons. The van der Waals surface area contributed by atoms with Crippen LogP contribution in [0.5, 0.6) is 0 Å². The Hall–Kier alpha value is -0.720. The van der Waals surface area contributed by atoms with E-state index in [2.05, 4.69) is 10.2 Å². The van der Waals surface area contributed by atoms with Crippen LogP contribution in [0.15, 0.2) is 5.51 Å². The summed E-state index contributed by atoms with van der Waals surface area (Å²) in [6.07, 6.45) is 0.586. The molecule has 2 N–H and O–H groups in total. The van der Waals surface area contributed by atoms with Crippen LogP contribution in [0.2, 0.25) is 0 Å². The summed E-state index contributed by atoms with van der Waals surface area (Å²) in [5.74, 6) is 0. The van der Waals surface area contributed by atoms with Gasteiger partial charge < -0.3 is 15.1 Å². The van der Waals surface area contributed by atoms with Crippen molar-refractivity contribution in [2.75, 3.05) is 24.6 Å². The number of aliphatic hydroxyl groups is 2. The first kappa shape index (κ1) is 8.86. The van der Waals surface area contributed by atoms with Crippen molar-refractivity contribution in [3.05, 3.63) is 5.51 Å². The molecule has 1 unspecified atom stereocenters. The molecule has 0 spiro atoms. The Bertz CT molecular complexity index is 279. The van der Waals surface area contributed by atoms with Crippen molar-refractivity contribution < 1.29 is 10.2 Å². The molecule has 0 saturated carbocycles. The standard InChI is InChI=1S/C7H11N3O2S/c11-4-7(12)1-2-10(3-7)6-9-8-5-13-6/h5,11-12H,1-4H2. The fourth-order valence-electron chi connectivity index (χ4n) is 1.45. The Kier molecular flexibility index (Phi) is 2.19. The van der Waals surface area contributed by atoms with Crippen LogP contribution >= 0.6 is 11.3 Å². The predicted octanol–water partition coefficient (Wildman–Crippen LogP) is -0.528. The molecule has 1 aliphatic rings. The van der Waals surface area contributed by atoms with Crippen LogP contribution in [0, 0.1) is 0 Å². The second kappa shape index (κ2) is 3.21. The molecule has 0 amide bonds. The Morgan fingerprint density at radius 2 is 2.54 bits per heavy atom.